The van der Waals surface area contributed by atoms with Crippen LogP contribution in [0.1, 0.15) is 107 Å². The first-order valence-corrected chi connectivity index (χ1v) is 15.7. The molecule has 5 nitrogen and oxygen atoms in total. The van der Waals surface area contributed by atoms with Gasteiger partial charge in [-0.3, -0.25) is 0 Å². The molecule has 2 aromatic carbocycles. The van der Waals surface area contributed by atoms with Gasteiger partial charge in [-0.25, -0.2) is 4.98 Å². The van der Waals surface area contributed by atoms with Crippen LogP contribution in [0.2, 0.25) is 0 Å². The lowest BCUT2D eigenvalue weighted by atomic mass is 9.81. The van der Waals surface area contributed by atoms with E-state index in [1.165, 1.54) is 31.2 Å². The molecule has 0 bridgehead atoms. The van der Waals surface area contributed by atoms with E-state index < -0.39 is 0 Å². The van der Waals surface area contributed by atoms with E-state index in [-0.39, 0.29) is 0 Å². The maximum atomic E-state index is 4.82. The summed E-state index contributed by atoms with van der Waals surface area (Å²) < 4.78 is 0. The van der Waals surface area contributed by atoms with Gasteiger partial charge in [-0.05, 0) is 109 Å². The van der Waals surface area contributed by atoms with Gasteiger partial charge in [0.15, 0.2) is 0 Å². The first kappa shape index (κ1) is 30.3. The van der Waals surface area contributed by atoms with Gasteiger partial charge in [0.05, 0.1) is 5.52 Å². The Bertz CT molecular complexity index is 1210. The fraction of sp³-hybridized carbons (Fsp3) is 0.600. The van der Waals surface area contributed by atoms with Gasteiger partial charge >= 0.3 is 0 Å². The van der Waals surface area contributed by atoms with Crippen LogP contribution in [0.5, 0.6) is 0 Å². The van der Waals surface area contributed by atoms with Crippen molar-refractivity contribution < 1.29 is 0 Å². The average molecular weight is 544 g/mol. The molecule has 1 aromatic heterocycles. The lowest BCUT2D eigenvalue weighted by Crippen LogP contribution is -2.30. The van der Waals surface area contributed by atoms with Crippen molar-refractivity contribution >= 4 is 22.7 Å². The van der Waals surface area contributed by atoms with Crippen molar-refractivity contribution in [2.24, 2.45) is 11.8 Å². The van der Waals surface area contributed by atoms with Gasteiger partial charge in [0.1, 0.15) is 5.82 Å². The van der Waals surface area contributed by atoms with Crippen LogP contribution >= 0.6 is 0 Å². The number of anilines is 2. The van der Waals surface area contributed by atoms with Gasteiger partial charge in [-0.15, -0.1) is 0 Å². The third-order valence-electron chi connectivity index (χ3n) is 8.76. The number of nitrogens with one attached hydrogen (secondary N) is 2. The molecule has 0 unspecified atom stereocenters. The zero-order valence-corrected chi connectivity index (χ0v) is 26.3. The highest BCUT2D eigenvalue weighted by Crippen LogP contribution is 2.33. The van der Waals surface area contributed by atoms with Crippen LogP contribution < -0.4 is 15.5 Å². The minimum Gasteiger partial charge on any atom is -0.362 e. The summed E-state index contributed by atoms with van der Waals surface area (Å²) in [5.41, 5.74) is 7.18. The monoisotopic (exact) mass is 543 g/mol. The first-order valence-electron chi connectivity index (χ1n) is 15.7. The molecule has 5 heteroatoms. The number of hydrogen-bond donors (Lipinski definition) is 2. The van der Waals surface area contributed by atoms with E-state index in [0.29, 0.717) is 23.7 Å². The third kappa shape index (κ3) is 7.54. The van der Waals surface area contributed by atoms with Gasteiger partial charge in [-0.2, -0.15) is 4.98 Å². The highest BCUT2D eigenvalue weighted by Gasteiger charge is 2.22. The Balaban J connectivity index is 1.25. The minimum absolute atomic E-state index is 0.560. The first-order chi connectivity index (χ1) is 19.1. The predicted molar refractivity (Wildman–Crippen MR) is 173 cm³/mol. The molecule has 3 aromatic rings. The topological polar surface area (TPSA) is 53.1 Å². The highest BCUT2D eigenvalue weighted by atomic mass is 15.2. The molecular formula is C35H53N5. The van der Waals surface area contributed by atoms with Crippen LogP contribution in [-0.2, 0) is 6.42 Å². The van der Waals surface area contributed by atoms with E-state index in [4.69, 9.17) is 9.97 Å². The van der Waals surface area contributed by atoms with E-state index in [9.17, 15) is 0 Å². The fourth-order valence-electron chi connectivity index (χ4n) is 6.27. The maximum absolute atomic E-state index is 4.82. The summed E-state index contributed by atoms with van der Waals surface area (Å²) in [7, 11) is 4.09. The normalized spacial score (nSPS) is 17.8. The molecule has 0 radical (unpaired) electrons. The zero-order valence-electron chi connectivity index (χ0n) is 26.3. The van der Waals surface area contributed by atoms with E-state index in [1.54, 1.807) is 16.7 Å². The molecule has 40 heavy (non-hydrogen) atoms. The minimum atomic E-state index is 0.560. The van der Waals surface area contributed by atoms with E-state index in [0.717, 1.165) is 54.6 Å². The summed E-state index contributed by atoms with van der Waals surface area (Å²) >= 11 is 0. The summed E-state index contributed by atoms with van der Waals surface area (Å²) in [5, 5.41) is 8.50. The summed E-state index contributed by atoms with van der Waals surface area (Å²) in [6.07, 6.45) is 6.29. The largest absolute Gasteiger partial charge is 0.362 e. The van der Waals surface area contributed by atoms with Gasteiger partial charge in [0.2, 0.25) is 5.95 Å². The van der Waals surface area contributed by atoms with Crippen molar-refractivity contribution in [1.82, 2.24) is 15.3 Å². The van der Waals surface area contributed by atoms with Crippen LogP contribution in [0.4, 0.5) is 11.8 Å². The molecule has 1 aliphatic rings. The second-order valence-corrected chi connectivity index (χ2v) is 13.1. The molecule has 2 N–H and O–H groups in total. The zero-order chi connectivity index (χ0) is 28.8. The molecule has 1 heterocycles. The van der Waals surface area contributed by atoms with Crippen LogP contribution in [0.3, 0.4) is 0 Å². The second-order valence-electron chi connectivity index (χ2n) is 13.1. The summed E-state index contributed by atoms with van der Waals surface area (Å²) in [6.45, 7) is 17.2. The molecule has 0 atom stereocenters. The number of benzene rings is 2. The highest BCUT2D eigenvalue weighted by molar-refractivity contribution is 5.90. The van der Waals surface area contributed by atoms with E-state index >= 15 is 0 Å². The Hall–Kier alpha value is -2.66. The third-order valence-corrected chi connectivity index (χ3v) is 8.76. The van der Waals surface area contributed by atoms with Crippen molar-refractivity contribution in [2.45, 2.75) is 91.4 Å². The van der Waals surface area contributed by atoms with Crippen molar-refractivity contribution in [3.05, 3.63) is 58.7 Å². The van der Waals surface area contributed by atoms with Crippen molar-refractivity contribution in [3.63, 3.8) is 0 Å². The van der Waals surface area contributed by atoms with Crippen LogP contribution in [-0.4, -0.2) is 43.7 Å². The van der Waals surface area contributed by atoms with Crippen molar-refractivity contribution in [2.75, 3.05) is 43.9 Å². The molecule has 0 amide bonds. The number of para-hydroxylation sites is 1. The smallest absolute Gasteiger partial charge is 0.225 e. The Kier molecular flexibility index (Phi) is 10.5. The van der Waals surface area contributed by atoms with Crippen molar-refractivity contribution in [1.29, 1.82) is 0 Å². The lowest BCUT2D eigenvalue weighted by Gasteiger charge is -2.29. The van der Waals surface area contributed by atoms with Gasteiger partial charge in [-0.1, -0.05) is 65.8 Å². The number of aromatic nitrogens is 2. The van der Waals surface area contributed by atoms with E-state index in [1.807, 2.05) is 20.2 Å². The predicted octanol–water partition coefficient (Wildman–Crippen LogP) is 8.12. The lowest BCUT2D eigenvalue weighted by molar-refractivity contribution is 0.276. The number of rotatable bonds is 12. The second kappa shape index (κ2) is 13.8. The Morgan fingerprint density at radius 2 is 1.40 bits per heavy atom. The summed E-state index contributed by atoms with van der Waals surface area (Å²) in [5.74, 6) is 4.88. The molecule has 1 fully saturated rings. The molecule has 218 valence electrons. The van der Waals surface area contributed by atoms with Crippen LogP contribution in [0, 0.1) is 11.8 Å². The van der Waals surface area contributed by atoms with Crippen molar-refractivity contribution in [3.8, 4) is 0 Å². The number of nitrogens with zero attached hydrogens (tertiary/aromatic N) is 3. The standard InChI is InChI=1S/C35H53N5/c1-23(2)28-19-31(24(3)4)29(32(20-28)25(5)6)17-18-36-21-26-13-15-27(16-14-26)22-37-35-38-33-12-10-9-11-30(33)34(39-35)40(7)8/h9-12,19-20,23-27,36H,13-18,21-22H2,1-8H3,(H,37,38,39). The fourth-order valence-corrected chi connectivity index (χ4v) is 6.27. The van der Waals surface area contributed by atoms with Gasteiger partial charge < -0.3 is 15.5 Å². The Labute approximate surface area is 243 Å². The molecule has 0 spiro atoms. The Morgan fingerprint density at radius 1 is 0.800 bits per heavy atom. The average Bonchev–Trinajstić information content (AvgIpc) is 2.93. The molecular weight excluding hydrogens is 490 g/mol. The molecule has 0 aliphatic heterocycles. The maximum Gasteiger partial charge on any atom is 0.225 e. The van der Waals surface area contributed by atoms with E-state index in [2.05, 4.69) is 87.4 Å². The number of hydrogen-bond acceptors (Lipinski definition) is 5. The quantitative estimate of drug-likeness (QED) is 0.226. The van der Waals surface area contributed by atoms with Crippen LogP contribution in [0.15, 0.2) is 36.4 Å². The molecule has 1 aliphatic carbocycles. The summed E-state index contributed by atoms with van der Waals surface area (Å²) in [4.78, 5) is 11.7. The molecule has 0 saturated heterocycles. The Morgan fingerprint density at radius 3 is 1.98 bits per heavy atom. The van der Waals surface area contributed by atoms with Gasteiger partial charge in [0.25, 0.3) is 0 Å². The molecule has 4 rings (SSSR count). The van der Waals surface area contributed by atoms with Gasteiger partial charge in [0, 0.05) is 26.0 Å². The summed E-state index contributed by atoms with van der Waals surface area (Å²) in [6, 6.07) is 13.2. The SMILES string of the molecule is CC(C)c1cc(C(C)C)c(CCNCC2CCC(CNc3nc(N(C)C)c4ccccc4n3)CC2)c(C(C)C)c1. The number of fused-ring (bicyclic) bond motifs is 1. The molecule has 1 saturated carbocycles. The van der Waals surface area contributed by atoms with Crippen LogP contribution in [0.25, 0.3) is 10.9 Å².